The lowest BCUT2D eigenvalue weighted by atomic mass is 10.1. The molecule has 6 heteroatoms. The van der Waals surface area contributed by atoms with Crippen LogP contribution in [0.15, 0.2) is 17.0 Å². The lowest BCUT2D eigenvalue weighted by molar-refractivity contribution is 0.410. The highest BCUT2D eigenvalue weighted by atomic mass is 16.5. The minimum Gasteiger partial charge on any atom is -0.354 e. The highest BCUT2D eigenvalue weighted by Crippen LogP contribution is 2.14. The maximum Gasteiger partial charge on any atom is 0.223 e. The number of aryl methyl sites for hydroxylation is 1. The van der Waals surface area contributed by atoms with Gasteiger partial charge in [-0.1, -0.05) is 19.0 Å². The summed E-state index contributed by atoms with van der Waals surface area (Å²) in [7, 11) is 0. The first-order chi connectivity index (χ1) is 8.65. The third-order valence-electron chi connectivity index (χ3n) is 2.50. The summed E-state index contributed by atoms with van der Waals surface area (Å²) in [5.74, 6) is 1.73. The van der Waals surface area contributed by atoms with Gasteiger partial charge in [0.25, 0.3) is 0 Å². The van der Waals surface area contributed by atoms with Gasteiger partial charge in [0, 0.05) is 24.4 Å². The van der Waals surface area contributed by atoms with E-state index in [9.17, 15) is 0 Å². The van der Waals surface area contributed by atoms with Crippen LogP contribution in [-0.2, 0) is 6.42 Å². The fourth-order valence-electron chi connectivity index (χ4n) is 1.56. The first kappa shape index (κ1) is 12.5. The van der Waals surface area contributed by atoms with E-state index in [-0.39, 0.29) is 0 Å². The van der Waals surface area contributed by atoms with Crippen molar-refractivity contribution in [2.45, 2.75) is 33.1 Å². The quantitative estimate of drug-likeness (QED) is 0.870. The van der Waals surface area contributed by atoms with Gasteiger partial charge in [-0.15, -0.1) is 0 Å². The van der Waals surface area contributed by atoms with Crippen molar-refractivity contribution in [2.75, 3.05) is 11.9 Å². The molecule has 0 spiro atoms. The molecule has 0 atom stereocenters. The number of hydrogen-bond donors (Lipinski definition) is 1. The van der Waals surface area contributed by atoms with Crippen molar-refractivity contribution < 1.29 is 4.52 Å². The predicted molar refractivity (Wildman–Crippen MR) is 67.3 cm³/mol. The summed E-state index contributed by atoms with van der Waals surface area (Å²) in [6, 6.07) is 2.01. The zero-order valence-electron chi connectivity index (χ0n) is 10.8. The third kappa shape index (κ3) is 3.26. The molecule has 0 radical (unpaired) electrons. The largest absolute Gasteiger partial charge is 0.354 e. The van der Waals surface area contributed by atoms with E-state index in [0.717, 1.165) is 11.4 Å². The van der Waals surface area contributed by atoms with E-state index in [0.29, 0.717) is 30.7 Å². The molecule has 0 aliphatic carbocycles. The Kier molecular flexibility index (Phi) is 3.86. The Hall–Kier alpha value is -1.98. The summed E-state index contributed by atoms with van der Waals surface area (Å²) >= 11 is 0. The van der Waals surface area contributed by atoms with Crippen molar-refractivity contribution in [1.82, 2.24) is 20.1 Å². The smallest absolute Gasteiger partial charge is 0.223 e. The molecular formula is C12H17N5O. The number of anilines is 1. The molecule has 2 aromatic heterocycles. The molecule has 0 amide bonds. The van der Waals surface area contributed by atoms with E-state index >= 15 is 0 Å². The Morgan fingerprint density at radius 3 is 2.83 bits per heavy atom. The highest BCUT2D eigenvalue weighted by Gasteiger charge is 2.06. The van der Waals surface area contributed by atoms with Crippen LogP contribution >= 0.6 is 0 Å². The van der Waals surface area contributed by atoms with Gasteiger partial charge in [0.2, 0.25) is 12.3 Å². The zero-order valence-corrected chi connectivity index (χ0v) is 10.8. The van der Waals surface area contributed by atoms with Crippen LogP contribution in [0.25, 0.3) is 0 Å². The topological polar surface area (TPSA) is 76.7 Å². The SMILES string of the molecule is Cc1cc(C(C)C)nc(NCCc2ncon2)n1. The highest BCUT2D eigenvalue weighted by molar-refractivity contribution is 5.29. The van der Waals surface area contributed by atoms with Gasteiger partial charge in [0.1, 0.15) is 0 Å². The predicted octanol–water partition coefficient (Wildman–Crippen LogP) is 1.95. The van der Waals surface area contributed by atoms with Gasteiger partial charge in [0.15, 0.2) is 5.82 Å². The van der Waals surface area contributed by atoms with Gasteiger partial charge >= 0.3 is 0 Å². The molecule has 2 heterocycles. The van der Waals surface area contributed by atoms with Crippen LogP contribution in [0.5, 0.6) is 0 Å². The van der Waals surface area contributed by atoms with Gasteiger partial charge < -0.3 is 9.84 Å². The Morgan fingerprint density at radius 2 is 2.17 bits per heavy atom. The maximum absolute atomic E-state index is 4.67. The molecule has 2 aromatic rings. The van der Waals surface area contributed by atoms with Crippen LogP contribution < -0.4 is 5.32 Å². The van der Waals surface area contributed by atoms with Crippen molar-refractivity contribution in [3.8, 4) is 0 Å². The molecule has 18 heavy (non-hydrogen) atoms. The van der Waals surface area contributed by atoms with E-state index in [1.165, 1.54) is 6.39 Å². The van der Waals surface area contributed by atoms with Crippen LogP contribution in [0, 0.1) is 6.92 Å². The second-order valence-corrected chi connectivity index (χ2v) is 4.44. The van der Waals surface area contributed by atoms with Crippen molar-refractivity contribution in [3.05, 3.63) is 29.7 Å². The Labute approximate surface area is 106 Å². The second kappa shape index (κ2) is 5.57. The van der Waals surface area contributed by atoms with Crippen molar-refractivity contribution >= 4 is 5.95 Å². The van der Waals surface area contributed by atoms with E-state index in [4.69, 9.17) is 0 Å². The van der Waals surface area contributed by atoms with Crippen LogP contribution in [-0.4, -0.2) is 26.7 Å². The molecule has 0 saturated heterocycles. The molecular weight excluding hydrogens is 230 g/mol. The lowest BCUT2D eigenvalue weighted by Gasteiger charge is -2.09. The van der Waals surface area contributed by atoms with Crippen molar-refractivity contribution in [1.29, 1.82) is 0 Å². The number of aromatic nitrogens is 4. The summed E-state index contributed by atoms with van der Waals surface area (Å²) in [5.41, 5.74) is 2.01. The van der Waals surface area contributed by atoms with Gasteiger partial charge in [-0.2, -0.15) is 4.98 Å². The Balaban J connectivity index is 1.96. The Morgan fingerprint density at radius 1 is 1.33 bits per heavy atom. The van der Waals surface area contributed by atoms with Crippen LogP contribution in [0.1, 0.15) is 37.0 Å². The van der Waals surface area contributed by atoms with E-state index < -0.39 is 0 Å². The van der Waals surface area contributed by atoms with Gasteiger partial charge in [-0.05, 0) is 18.9 Å². The van der Waals surface area contributed by atoms with Gasteiger partial charge in [0.05, 0.1) is 0 Å². The lowest BCUT2D eigenvalue weighted by Crippen LogP contribution is -2.10. The molecule has 0 aromatic carbocycles. The molecule has 0 aliphatic heterocycles. The van der Waals surface area contributed by atoms with E-state index in [1.54, 1.807) is 0 Å². The van der Waals surface area contributed by atoms with Crippen molar-refractivity contribution in [2.24, 2.45) is 0 Å². The minimum atomic E-state index is 0.393. The van der Waals surface area contributed by atoms with E-state index in [1.807, 2.05) is 13.0 Å². The molecule has 0 unspecified atom stereocenters. The molecule has 6 nitrogen and oxygen atoms in total. The summed E-state index contributed by atoms with van der Waals surface area (Å²) in [4.78, 5) is 12.8. The average Bonchev–Trinajstić information content (AvgIpc) is 2.81. The van der Waals surface area contributed by atoms with E-state index in [2.05, 4.69) is 43.8 Å². The summed E-state index contributed by atoms with van der Waals surface area (Å²) in [5, 5.41) is 6.92. The molecule has 0 saturated carbocycles. The maximum atomic E-state index is 4.67. The molecule has 0 bridgehead atoms. The van der Waals surface area contributed by atoms with Crippen LogP contribution in [0.3, 0.4) is 0 Å². The van der Waals surface area contributed by atoms with Crippen LogP contribution in [0.4, 0.5) is 5.95 Å². The third-order valence-corrected chi connectivity index (χ3v) is 2.50. The van der Waals surface area contributed by atoms with Crippen molar-refractivity contribution in [3.63, 3.8) is 0 Å². The monoisotopic (exact) mass is 247 g/mol. The fraction of sp³-hybridized carbons (Fsp3) is 0.500. The molecule has 0 aliphatic rings. The minimum absolute atomic E-state index is 0.393. The molecule has 96 valence electrons. The van der Waals surface area contributed by atoms with Crippen LogP contribution in [0.2, 0.25) is 0 Å². The number of nitrogens with zero attached hydrogens (tertiary/aromatic N) is 4. The average molecular weight is 247 g/mol. The first-order valence-electron chi connectivity index (χ1n) is 6.00. The second-order valence-electron chi connectivity index (χ2n) is 4.44. The summed E-state index contributed by atoms with van der Waals surface area (Å²) in [6.07, 6.45) is 2.01. The van der Waals surface area contributed by atoms with Gasteiger partial charge in [-0.25, -0.2) is 9.97 Å². The molecule has 0 fully saturated rings. The number of hydrogen-bond acceptors (Lipinski definition) is 6. The first-order valence-corrected chi connectivity index (χ1v) is 6.00. The summed E-state index contributed by atoms with van der Waals surface area (Å²) < 4.78 is 4.67. The normalized spacial score (nSPS) is 10.9. The number of nitrogens with one attached hydrogen (secondary N) is 1. The standard InChI is InChI=1S/C12H17N5O/c1-8(2)10-6-9(3)15-12(16-10)13-5-4-11-14-7-18-17-11/h6-8H,4-5H2,1-3H3,(H,13,15,16). The Bertz CT molecular complexity index is 495. The molecule has 1 N–H and O–H groups in total. The summed E-state index contributed by atoms with van der Waals surface area (Å²) in [6.45, 7) is 6.88. The number of rotatable bonds is 5. The molecule has 2 rings (SSSR count). The zero-order chi connectivity index (χ0) is 13.0. The van der Waals surface area contributed by atoms with Gasteiger partial charge in [-0.3, -0.25) is 0 Å². The fourth-order valence-corrected chi connectivity index (χ4v) is 1.56.